The smallest absolute Gasteiger partial charge is 0.166 e. The molecule has 0 saturated carbocycles. The Morgan fingerprint density at radius 1 is 1.40 bits per heavy atom. The van der Waals surface area contributed by atoms with Crippen molar-refractivity contribution in [2.75, 3.05) is 0 Å². The highest BCUT2D eigenvalue weighted by atomic mass is 16.1. The molecule has 1 aliphatic rings. The number of aromatic nitrogens is 2. The van der Waals surface area contributed by atoms with Crippen molar-refractivity contribution in [2.24, 2.45) is 0 Å². The third-order valence-electron chi connectivity index (χ3n) is 3.27. The normalized spacial score (nSPS) is 19.4. The molecule has 0 radical (unpaired) electrons. The Kier molecular flexibility index (Phi) is 2.21. The van der Waals surface area contributed by atoms with Crippen molar-refractivity contribution in [3.63, 3.8) is 0 Å². The molecule has 0 aromatic carbocycles. The molecule has 1 heterocycles. The quantitative estimate of drug-likeness (QED) is 0.768. The van der Waals surface area contributed by atoms with Crippen molar-refractivity contribution in [1.29, 1.82) is 0 Å². The van der Waals surface area contributed by atoms with Gasteiger partial charge in [-0.25, -0.2) is 0 Å². The summed E-state index contributed by atoms with van der Waals surface area (Å²) in [5, 5.41) is 7.37. The molecule has 15 heavy (non-hydrogen) atoms. The summed E-state index contributed by atoms with van der Waals surface area (Å²) < 4.78 is 0. The molecular weight excluding hydrogens is 188 g/mol. The molecule has 0 aliphatic heterocycles. The first kappa shape index (κ1) is 10.4. The molecule has 0 bridgehead atoms. The lowest BCUT2D eigenvalue weighted by Crippen LogP contribution is -2.27. The summed E-state index contributed by atoms with van der Waals surface area (Å²) in [6.07, 6.45) is 1.56. The maximum atomic E-state index is 11.9. The molecule has 3 heteroatoms. The van der Waals surface area contributed by atoms with Crippen LogP contribution in [0.5, 0.6) is 0 Å². The van der Waals surface area contributed by atoms with Crippen molar-refractivity contribution in [2.45, 2.75) is 51.9 Å². The Morgan fingerprint density at radius 3 is 2.67 bits per heavy atom. The molecule has 0 unspecified atom stereocenters. The van der Waals surface area contributed by atoms with E-state index in [4.69, 9.17) is 0 Å². The van der Waals surface area contributed by atoms with Crippen LogP contribution >= 0.6 is 0 Å². The first-order valence-electron chi connectivity index (χ1n) is 5.55. The monoisotopic (exact) mass is 206 g/mol. The molecular formula is C12H18N2O. The fraction of sp³-hybridized carbons (Fsp3) is 0.667. The van der Waals surface area contributed by atoms with E-state index < -0.39 is 0 Å². The van der Waals surface area contributed by atoms with E-state index in [0.717, 1.165) is 23.4 Å². The molecule has 1 aromatic heterocycles. The number of ketones is 1. The second-order valence-corrected chi connectivity index (χ2v) is 5.32. The van der Waals surface area contributed by atoms with Gasteiger partial charge in [0.25, 0.3) is 0 Å². The Bertz CT molecular complexity index is 402. The van der Waals surface area contributed by atoms with Crippen molar-refractivity contribution in [3.05, 3.63) is 17.0 Å². The average molecular weight is 206 g/mol. The molecule has 2 rings (SSSR count). The summed E-state index contributed by atoms with van der Waals surface area (Å²) in [6.45, 7) is 8.48. The maximum absolute atomic E-state index is 11.9. The van der Waals surface area contributed by atoms with Crippen molar-refractivity contribution < 1.29 is 4.79 Å². The number of nitrogens with zero attached hydrogens (tertiary/aromatic N) is 1. The van der Waals surface area contributed by atoms with E-state index in [1.165, 1.54) is 0 Å². The first-order valence-corrected chi connectivity index (χ1v) is 5.55. The fourth-order valence-corrected chi connectivity index (χ4v) is 2.21. The van der Waals surface area contributed by atoms with Gasteiger partial charge >= 0.3 is 0 Å². The van der Waals surface area contributed by atoms with Gasteiger partial charge in [-0.1, -0.05) is 27.7 Å². The minimum Gasteiger partial charge on any atom is -0.294 e. The van der Waals surface area contributed by atoms with E-state index in [9.17, 15) is 4.79 Å². The van der Waals surface area contributed by atoms with E-state index in [1.54, 1.807) is 0 Å². The molecule has 0 spiro atoms. The largest absolute Gasteiger partial charge is 0.294 e. The number of carbonyl (C=O) groups excluding carboxylic acids is 1. The second kappa shape index (κ2) is 3.19. The van der Waals surface area contributed by atoms with Crippen LogP contribution in [0.1, 0.15) is 68.2 Å². The Morgan fingerprint density at radius 2 is 2.07 bits per heavy atom. The molecule has 0 atom stereocenters. The molecule has 0 fully saturated rings. The average Bonchev–Trinajstić information content (AvgIpc) is 2.57. The Labute approximate surface area is 90.3 Å². The minimum atomic E-state index is 0.0346. The topological polar surface area (TPSA) is 45.8 Å². The molecule has 82 valence electrons. The van der Waals surface area contributed by atoms with Crippen molar-refractivity contribution in [3.8, 4) is 0 Å². The summed E-state index contributed by atoms with van der Waals surface area (Å²) >= 11 is 0. The minimum absolute atomic E-state index is 0.0346. The van der Waals surface area contributed by atoms with Gasteiger partial charge in [-0.3, -0.25) is 9.89 Å². The zero-order valence-electron chi connectivity index (χ0n) is 9.85. The number of hydrogen-bond acceptors (Lipinski definition) is 2. The molecule has 0 saturated heterocycles. The summed E-state index contributed by atoms with van der Waals surface area (Å²) in [5.74, 6) is 0.584. The number of rotatable bonds is 1. The number of nitrogens with one attached hydrogen (secondary N) is 1. The van der Waals surface area contributed by atoms with Crippen molar-refractivity contribution >= 4 is 5.78 Å². The summed E-state index contributed by atoms with van der Waals surface area (Å²) in [4.78, 5) is 11.9. The number of aromatic amines is 1. The van der Waals surface area contributed by atoms with Gasteiger partial charge in [-0.2, -0.15) is 5.10 Å². The number of H-pyrrole nitrogens is 1. The number of Topliss-reactive ketones (excluding diaryl/α,β-unsaturated/α-hetero) is 1. The lowest BCUT2D eigenvalue weighted by atomic mass is 9.75. The lowest BCUT2D eigenvalue weighted by molar-refractivity contribution is 0.0955. The molecule has 0 amide bonds. The predicted molar refractivity (Wildman–Crippen MR) is 59.3 cm³/mol. The molecule has 1 N–H and O–H groups in total. The van der Waals surface area contributed by atoms with Crippen molar-refractivity contribution in [1.82, 2.24) is 10.2 Å². The van der Waals surface area contributed by atoms with Gasteiger partial charge in [0.15, 0.2) is 5.78 Å². The number of fused-ring (bicyclic) bond motifs is 1. The number of hydrogen-bond donors (Lipinski definition) is 1. The lowest BCUT2D eigenvalue weighted by Gasteiger charge is -2.27. The first-order chi connectivity index (χ1) is 6.93. The van der Waals surface area contributed by atoms with Gasteiger partial charge < -0.3 is 0 Å². The Balaban J connectivity index is 2.60. The number of carbonyl (C=O) groups is 1. The highest BCUT2D eigenvalue weighted by Gasteiger charge is 2.36. The van der Waals surface area contributed by atoms with Gasteiger partial charge in [0.05, 0.1) is 11.3 Å². The fourth-order valence-electron chi connectivity index (χ4n) is 2.21. The van der Waals surface area contributed by atoms with E-state index in [0.29, 0.717) is 12.3 Å². The third kappa shape index (κ3) is 1.50. The van der Waals surface area contributed by atoms with Crippen LogP contribution in [0.25, 0.3) is 0 Å². The molecule has 3 nitrogen and oxygen atoms in total. The van der Waals surface area contributed by atoms with Gasteiger partial charge in [-0.15, -0.1) is 0 Å². The van der Waals surface area contributed by atoms with Crippen LogP contribution in [0.2, 0.25) is 0 Å². The predicted octanol–water partition coefficient (Wildman–Crippen LogP) is 2.79. The standard InChI is InChI=1S/C12H18N2O/c1-7(2)10-9-8(15)5-6-12(3,4)11(9)14-13-10/h7H,5-6H2,1-4H3,(H,13,14). The van der Waals surface area contributed by atoms with E-state index in [-0.39, 0.29) is 11.2 Å². The van der Waals surface area contributed by atoms with Gasteiger partial charge in [0.2, 0.25) is 0 Å². The Hall–Kier alpha value is -1.12. The third-order valence-corrected chi connectivity index (χ3v) is 3.27. The zero-order chi connectivity index (χ0) is 11.2. The summed E-state index contributed by atoms with van der Waals surface area (Å²) in [5.41, 5.74) is 2.86. The second-order valence-electron chi connectivity index (χ2n) is 5.32. The highest BCUT2D eigenvalue weighted by molar-refractivity contribution is 5.99. The van der Waals surface area contributed by atoms with Gasteiger partial charge in [-0.05, 0) is 12.3 Å². The van der Waals surface area contributed by atoms with E-state index in [2.05, 4.69) is 37.9 Å². The van der Waals surface area contributed by atoms with Crippen LogP contribution in [-0.2, 0) is 5.41 Å². The van der Waals surface area contributed by atoms with Gasteiger partial charge in [0.1, 0.15) is 0 Å². The summed E-state index contributed by atoms with van der Waals surface area (Å²) in [6, 6.07) is 0. The van der Waals surface area contributed by atoms with E-state index >= 15 is 0 Å². The van der Waals surface area contributed by atoms with Crippen LogP contribution in [0, 0.1) is 0 Å². The van der Waals surface area contributed by atoms with Crippen LogP contribution in [-0.4, -0.2) is 16.0 Å². The molecule has 1 aliphatic carbocycles. The summed E-state index contributed by atoms with van der Waals surface area (Å²) in [7, 11) is 0. The van der Waals surface area contributed by atoms with Crippen LogP contribution in [0.4, 0.5) is 0 Å². The van der Waals surface area contributed by atoms with E-state index in [1.807, 2.05) is 0 Å². The molecule has 1 aromatic rings. The SMILES string of the molecule is CC(C)c1[nH]nc2c1C(=O)CCC2(C)C. The zero-order valence-corrected chi connectivity index (χ0v) is 9.85. The van der Waals surface area contributed by atoms with Crippen LogP contribution < -0.4 is 0 Å². The van der Waals surface area contributed by atoms with Gasteiger partial charge in [0, 0.05) is 17.5 Å². The highest BCUT2D eigenvalue weighted by Crippen LogP contribution is 2.38. The maximum Gasteiger partial charge on any atom is 0.166 e. The van der Waals surface area contributed by atoms with Crippen LogP contribution in [0.15, 0.2) is 0 Å². The van der Waals surface area contributed by atoms with Crippen LogP contribution in [0.3, 0.4) is 0 Å².